The van der Waals surface area contributed by atoms with E-state index in [-0.39, 0.29) is 12.7 Å². The van der Waals surface area contributed by atoms with Crippen LogP contribution in [0.3, 0.4) is 0 Å². The molecule has 2 heterocycles. The zero-order valence-corrected chi connectivity index (χ0v) is 21.7. The van der Waals surface area contributed by atoms with Crippen LogP contribution in [0.2, 0.25) is 0 Å². The van der Waals surface area contributed by atoms with Gasteiger partial charge >= 0.3 is 11.5 Å². The molecule has 0 radical (unpaired) electrons. The lowest BCUT2D eigenvalue weighted by Gasteiger charge is -2.29. The van der Waals surface area contributed by atoms with Crippen LogP contribution in [0.1, 0.15) is 50.7 Å². The van der Waals surface area contributed by atoms with Crippen molar-refractivity contribution in [1.29, 1.82) is 0 Å². The van der Waals surface area contributed by atoms with Crippen LogP contribution in [0.15, 0.2) is 60.7 Å². The van der Waals surface area contributed by atoms with Gasteiger partial charge in [-0.15, -0.1) is 0 Å². The summed E-state index contributed by atoms with van der Waals surface area (Å²) in [6.07, 6.45) is 4.74. The molecule has 192 valence electrons. The Labute approximate surface area is 214 Å². The minimum absolute atomic E-state index is 0.180. The average molecular weight is 503 g/mol. The maximum atomic E-state index is 11.8. The van der Waals surface area contributed by atoms with Gasteiger partial charge in [0.05, 0.1) is 0 Å². The van der Waals surface area contributed by atoms with E-state index in [1.807, 2.05) is 65.6 Å². The Morgan fingerprint density at radius 1 is 0.800 bits per heavy atom. The first-order valence-corrected chi connectivity index (χ1v) is 12.8. The molecule has 1 N–H and O–H groups in total. The molecule has 2 fully saturated rings. The molecule has 4 rings (SSSR count). The molecule has 6 nitrogen and oxygen atoms in total. The molecule has 0 atom stereocenters. The predicted molar refractivity (Wildman–Crippen MR) is 140 cm³/mol. The fourth-order valence-corrected chi connectivity index (χ4v) is 3.74. The van der Waals surface area contributed by atoms with Crippen molar-refractivity contribution < 1.29 is 19.1 Å². The molecule has 2 aromatic rings. The molecule has 2 saturated heterocycles. The van der Waals surface area contributed by atoms with Crippen molar-refractivity contribution in [3.05, 3.63) is 71.8 Å². The van der Waals surface area contributed by atoms with Gasteiger partial charge in [0.15, 0.2) is 0 Å². The Morgan fingerprint density at radius 2 is 1.26 bits per heavy atom. The highest BCUT2D eigenvalue weighted by Gasteiger charge is 2.21. The Kier molecular flexibility index (Phi) is 13.9. The molecule has 2 aliphatic rings. The monoisotopic (exact) mass is 502 g/mol. The van der Waals surface area contributed by atoms with Crippen LogP contribution in [-0.4, -0.2) is 42.6 Å². The molecule has 0 aromatic heterocycles. The first-order valence-electron chi connectivity index (χ1n) is 12.5. The molecular formula is C28H39ClN2O4. The van der Waals surface area contributed by atoms with Gasteiger partial charge in [0, 0.05) is 24.7 Å². The van der Waals surface area contributed by atoms with E-state index in [2.05, 4.69) is 23.9 Å². The average Bonchev–Trinajstić information content (AvgIpc) is 2.89. The van der Waals surface area contributed by atoms with E-state index in [1.54, 1.807) is 0 Å². The molecule has 2 aromatic carbocycles. The molecule has 2 aliphatic heterocycles. The number of nitrogens with zero attached hydrogens (tertiary/aromatic N) is 1. The van der Waals surface area contributed by atoms with Crippen LogP contribution in [0, 0.1) is 11.8 Å². The molecule has 35 heavy (non-hydrogen) atoms. The number of carbonyl (C=O) groups is 2. The first-order chi connectivity index (χ1) is 16.9. The maximum Gasteiger partial charge on any atom is 0.410 e. The molecule has 0 spiro atoms. The van der Waals surface area contributed by atoms with Crippen molar-refractivity contribution in [3.8, 4) is 0 Å². The molecular weight excluding hydrogens is 464 g/mol. The van der Waals surface area contributed by atoms with Gasteiger partial charge in [0.2, 0.25) is 0 Å². The molecule has 0 aliphatic carbocycles. The molecule has 0 saturated carbocycles. The zero-order valence-electron chi connectivity index (χ0n) is 21.0. The predicted octanol–water partition coefficient (Wildman–Crippen LogP) is 6.62. The first kappa shape index (κ1) is 28.7. The van der Waals surface area contributed by atoms with Crippen molar-refractivity contribution in [2.24, 2.45) is 11.8 Å². The Balaban J connectivity index is 0.000000205. The lowest BCUT2D eigenvalue weighted by molar-refractivity contribution is 0.0837. The van der Waals surface area contributed by atoms with Crippen LogP contribution in [0.5, 0.6) is 0 Å². The summed E-state index contributed by atoms with van der Waals surface area (Å²) in [4.78, 5) is 23.8. The zero-order chi connectivity index (χ0) is 25.3. The third-order valence-corrected chi connectivity index (χ3v) is 6.18. The largest absolute Gasteiger partial charge is 0.449 e. The molecule has 1 amide bonds. The summed E-state index contributed by atoms with van der Waals surface area (Å²) < 4.78 is 9.84. The van der Waals surface area contributed by atoms with Gasteiger partial charge in [0.1, 0.15) is 13.2 Å². The van der Waals surface area contributed by atoms with Gasteiger partial charge in [-0.05, 0) is 61.7 Å². The van der Waals surface area contributed by atoms with Gasteiger partial charge in [-0.2, -0.15) is 0 Å². The normalized spacial score (nSPS) is 16.1. The van der Waals surface area contributed by atoms with Gasteiger partial charge in [-0.25, -0.2) is 9.59 Å². The summed E-state index contributed by atoms with van der Waals surface area (Å²) in [6.45, 7) is 9.29. The van der Waals surface area contributed by atoms with E-state index in [0.29, 0.717) is 6.61 Å². The van der Waals surface area contributed by atoms with Crippen molar-refractivity contribution in [1.82, 2.24) is 10.2 Å². The van der Waals surface area contributed by atoms with Crippen molar-refractivity contribution in [2.75, 3.05) is 26.2 Å². The maximum absolute atomic E-state index is 11.8. The number of amides is 1. The van der Waals surface area contributed by atoms with Crippen molar-refractivity contribution in [2.45, 2.75) is 52.7 Å². The van der Waals surface area contributed by atoms with E-state index < -0.39 is 5.43 Å². The number of hydrogen-bond acceptors (Lipinski definition) is 5. The van der Waals surface area contributed by atoms with Crippen LogP contribution >= 0.6 is 11.6 Å². The number of hydrogen-bond donors (Lipinski definition) is 1. The smallest absolute Gasteiger partial charge is 0.410 e. The number of rotatable bonds is 4. The summed E-state index contributed by atoms with van der Waals surface area (Å²) in [5, 5.41) is 3.32. The SMILES string of the molecule is CC1CCN(C(=O)OCc2ccccc2)CC1.CC1CCNCC1.O=C(Cl)OCc1ccccc1. The lowest BCUT2D eigenvalue weighted by Crippen LogP contribution is -2.38. The number of ether oxygens (including phenoxy) is 2. The fourth-order valence-electron chi connectivity index (χ4n) is 3.68. The van der Waals surface area contributed by atoms with Crippen molar-refractivity contribution in [3.63, 3.8) is 0 Å². The number of likely N-dealkylation sites (tertiary alicyclic amines) is 1. The number of benzene rings is 2. The van der Waals surface area contributed by atoms with Crippen LogP contribution in [0.4, 0.5) is 9.59 Å². The number of carbonyl (C=O) groups excluding carboxylic acids is 2. The summed E-state index contributed by atoms with van der Waals surface area (Å²) in [6, 6.07) is 19.1. The van der Waals surface area contributed by atoms with E-state index >= 15 is 0 Å². The fraction of sp³-hybridized carbons (Fsp3) is 0.500. The standard InChI is InChI=1S/C14H19NO2.C8H7ClO2.C6H13N/c1-12-7-9-15(10-8-12)14(16)17-11-13-5-3-2-4-6-13;9-8(10)11-6-7-4-2-1-3-5-7;1-6-2-4-7-5-3-6/h2-6,12H,7-11H2,1H3;1-5H,6H2;6-7H,2-5H2,1H3. The van der Waals surface area contributed by atoms with E-state index in [4.69, 9.17) is 16.3 Å². The number of piperidine rings is 2. The van der Waals surface area contributed by atoms with E-state index in [9.17, 15) is 9.59 Å². The minimum Gasteiger partial charge on any atom is -0.449 e. The Morgan fingerprint density at radius 3 is 1.69 bits per heavy atom. The van der Waals surface area contributed by atoms with Gasteiger partial charge in [-0.1, -0.05) is 74.5 Å². The highest BCUT2D eigenvalue weighted by Crippen LogP contribution is 2.17. The molecule has 0 bridgehead atoms. The second kappa shape index (κ2) is 17.0. The van der Waals surface area contributed by atoms with Gasteiger partial charge in [0.25, 0.3) is 0 Å². The summed E-state index contributed by atoms with van der Waals surface area (Å²) >= 11 is 4.97. The molecule has 7 heteroatoms. The third-order valence-electron chi connectivity index (χ3n) is 6.07. The van der Waals surface area contributed by atoms with Gasteiger partial charge in [-0.3, -0.25) is 0 Å². The lowest BCUT2D eigenvalue weighted by atomic mass is 10.00. The Hall–Kier alpha value is -2.57. The van der Waals surface area contributed by atoms with Crippen LogP contribution in [-0.2, 0) is 22.7 Å². The molecule has 0 unspecified atom stereocenters. The second-order valence-electron chi connectivity index (χ2n) is 9.15. The van der Waals surface area contributed by atoms with E-state index in [1.165, 1.54) is 25.9 Å². The van der Waals surface area contributed by atoms with Crippen LogP contribution in [0.25, 0.3) is 0 Å². The number of halogens is 1. The minimum atomic E-state index is -0.770. The highest BCUT2D eigenvalue weighted by molar-refractivity contribution is 6.61. The quantitative estimate of drug-likeness (QED) is 0.475. The summed E-state index contributed by atoms with van der Waals surface area (Å²) in [7, 11) is 0. The highest BCUT2D eigenvalue weighted by atomic mass is 35.5. The number of nitrogens with one attached hydrogen (secondary N) is 1. The topological polar surface area (TPSA) is 67.9 Å². The van der Waals surface area contributed by atoms with Crippen molar-refractivity contribution >= 4 is 23.1 Å². The van der Waals surface area contributed by atoms with Crippen LogP contribution < -0.4 is 5.32 Å². The summed E-state index contributed by atoms with van der Waals surface area (Å²) in [5.74, 6) is 1.70. The summed E-state index contributed by atoms with van der Waals surface area (Å²) in [5.41, 5.74) is 1.20. The Bertz CT molecular complexity index is 837. The van der Waals surface area contributed by atoms with E-state index in [0.717, 1.165) is 48.9 Å². The van der Waals surface area contributed by atoms with Gasteiger partial charge < -0.3 is 19.7 Å². The second-order valence-corrected chi connectivity index (χ2v) is 9.46. The third kappa shape index (κ3) is 13.2.